The molecule has 27 nitrogen and oxygen atoms in total. The van der Waals surface area contributed by atoms with Crippen LogP contribution in [-0.2, 0) is 115 Å². The summed E-state index contributed by atoms with van der Waals surface area (Å²) in [6.07, 6.45) is -33.9. The van der Waals surface area contributed by atoms with E-state index in [1.54, 1.807) is 158 Å². The summed E-state index contributed by atoms with van der Waals surface area (Å²) in [5, 5.41) is 0. The van der Waals surface area contributed by atoms with E-state index < -0.39 is 178 Å². The van der Waals surface area contributed by atoms with Crippen LogP contribution in [0.3, 0.4) is 0 Å². The van der Waals surface area contributed by atoms with Crippen LogP contribution in [0.1, 0.15) is 101 Å². The van der Waals surface area contributed by atoms with E-state index in [4.69, 9.17) is 94.7 Å². The van der Waals surface area contributed by atoms with Gasteiger partial charge in [-0.15, -0.1) is 0 Å². The summed E-state index contributed by atoms with van der Waals surface area (Å²) in [7, 11) is 1.46. The molecule has 0 aromatic heterocycles. The van der Waals surface area contributed by atoms with Crippen LogP contribution >= 0.6 is 0 Å². The Balaban J connectivity index is 0.900. The number of fused-ring (bicyclic) bond motifs is 1. The predicted molar refractivity (Wildman–Crippen MR) is 454 cm³/mol. The maximum Gasteiger partial charge on any atom is 0.338 e. The molecular formula is C101H92O27. The number of esters is 7. The van der Waals surface area contributed by atoms with Gasteiger partial charge < -0.3 is 94.7 Å². The van der Waals surface area contributed by atoms with Gasteiger partial charge in [-0.25, -0.2) is 33.6 Å². The first-order valence-corrected chi connectivity index (χ1v) is 41.9. The Morgan fingerprint density at radius 3 is 1.09 bits per heavy atom. The van der Waals surface area contributed by atoms with Gasteiger partial charge in [0, 0.05) is 12.7 Å². The van der Waals surface area contributed by atoms with Gasteiger partial charge in [-0.05, 0) is 102 Å². The van der Waals surface area contributed by atoms with Gasteiger partial charge in [-0.1, -0.05) is 249 Å². The third-order valence-corrected chi connectivity index (χ3v) is 21.9. The zero-order valence-corrected chi connectivity index (χ0v) is 69.3. The van der Waals surface area contributed by atoms with Crippen LogP contribution in [0.25, 0.3) is 0 Å². The normalized spacial score (nSPS) is 26.0. The van der Waals surface area contributed by atoms with Crippen molar-refractivity contribution in [3.63, 3.8) is 0 Å². The quantitative estimate of drug-likeness (QED) is 0.0272. The second-order valence-electron chi connectivity index (χ2n) is 30.5. The Labute approximate surface area is 737 Å². The molecular weight excluding hydrogens is 1650 g/mol. The third-order valence-electron chi connectivity index (χ3n) is 21.9. The monoisotopic (exact) mass is 1740 g/mol. The Bertz CT molecular complexity index is 5380. The van der Waals surface area contributed by atoms with Gasteiger partial charge >= 0.3 is 41.8 Å². The van der Waals surface area contributed by atoms with E-state index in [9.17, 15) is 9.59 Å². The first kappa shape index (κ1) is 88.6. The molecule has 0 N–H and O–H groups in total. The van der Waals surface area contributed by atoms with Gasteiger partial charge in [0.15, 0.2) is 68.1 Å². The maximum atomic E-state index is 15.6. The third kappa shape index (κ3) is 22.4. The fourth-order valence-corrected chi connectivity index (χ4v) is 15.5. The van der Waals surface area contributed by atoms with Crippen molar-refractivity contribution < 1.29 is 128 Å². The molecule has 0 spiro atoms. The Hall–Kier alpha value is -12.8. The van der Waals surface area contributed by atoms with E-state index in [-0.39, 0.29) is 72.0 Å². The van der Waals surface area contributed by atoms with Gasteiger partial charge in [0.1, 0.15) is 61.5 Å². The number of hydrogen-bond acceptors (Lipinski definition) is 27. The summed E-state index contributed by atoms with van der Waals surface area (Å²) in [4.78, 5) is 105. The largest absolute Gasteiger partial charge is 0.459 e. The van der Waals surface area contributed by atoms with Crippen LogP contribution in [0.2, 0.25) is 0 Å². The van der Waals surface area contributed by atoms with E-state index in [1.165, 1.54) is 92.0 Å². The molecule has 0 saturated carbocycles. The summed E-state index contributed by atoms with van der Waals surface area (Å²) < 4.78 is 139. The first-order chi connectivity index (χ1) is 62.8. The lowest BCUT2D eigenvalue weighted by Crippen LogP contribution is -2.70. The molecule has 5 saturated heterocycles. The topological polar surface area (TPSA) is 304 Å². The van der Waals surface area contributed by atoms with Crippen molar-refractivity contribution in [1.29, 1.82) is 0 Å². The lowest BCUT2D eigenvalue weighted by atomic mass is 9.94. The van der Waals surface area contributed by atoms with Crippen molar-refractivity contribution in [2.45, 2.75) is 143 Å². The minimum atomic E-state index is -2.21. The summed E-state index contributed by atoms with van der Waals surface area (Å²) >= 11 is 0. The molecule has 11 aromatic rings. The van der Waals surface area contributed by atoms with Crippen LogP contribution in [0.5, 0.6) is 0 Å². The average Bonchev–Trinajstić information content (AvgIpc) is 0.744. The number of benzene rings is 11. The molecule has 11 aromatic carbocycles. The number of hydrogen-bond donors (Lipinski definition) is 0. The predicted octanol–water partition coefficient (Wildman–Crippen LogP) is 14.0. The molecule has 27 heteroatoms. The molecule has 0 radical (unpaired) electrons. The van der Waals surface area contributed by atoms with E-state index in [1.807, 2.05) is 91.0 Å². The first-order valence-electron chi connectivity index (χ1n) is 41.9. The van der Waals surface area contributed by atoms with Gasteiger partial charge in [0.25, 0.3) is 0 Å². The molecule has 16 rings (SSSR count). The van der Waals surface area contributed by atoms with Crippen molar-refractivity contribution in [1.82, 2.24) is 0 Å². The summed E-state index contributed by atoms with van der Waals surface area (Å²) in [5.74, 6) is -6.80. The van der Waals surface area contributed by atoms with Crippen LogP contribution in [0.15, 0.2) is 334 Å². The van der Waals surface area contributed by atoms with Gasteiger partial charge in [-0.3, -0.25) is 0 Å². The molecule has 5 heterocycles. The molecule has 20 atom stereocenters. The van der Waals surface area contributed by atoms with Gasteiger partial charge in [-0.2, -0.15) is 0 Å². The number of methoxy groups -OCH3 is 1. The highest BCUT2D eigenvalue weighted by molar-refractivity contribution is 5.93. The Kier molecular flexibility index (Phi) is 30.2. The molecule has 5 aliphatic rings. The van der Waals surface area contributed by atoms with E-state index in [2.05, 4.69) is 0 Å². The van der Waals surface area contributed by atoms with Crippen LogP contribution < -0.4 is 0 Å². The van der Waals surface area contributed by atoms with Crippen molar-refractivity contribution in [3.8, 4) is 0 Å². The van der Waals surface area contributed by atoms with Crippen LogP contribution in [0.4, 0.5) is 0 Å². The number of carbonyl (C=O) groups is 7. The fourth-order valence-electron chi connectivity index (χ4n) is 15.5. The molecule has 0 amide bonds. The molecule has 0 bridgehead atoms. The number of ether oxygens (including phenoxy) is 20. The Morgan fingerprint density at radius 1 is 0.281 bits per heavy atom. The standard InChI is InChI=1S/C101H92O27/c1-109-98-86(112-59-66-39-17-4-18-40-66)83(111-58-65-37-15-3-16-38-65)79(75(117-98)60-110-57-64-35-13-2-14-36-64)126-101-89(128-100-88(124-96(108)73-53-31-11-32-54-73)84(122-94(106)71-49-27-9-28-50-71)80(120-92(104)69-45-23-7-24-46-69)77(118-100)61-113-90(102)67-41-19-5-20-42-67)85(81-78(119-101)63-114-97(125-81)74-55-33-12-34-56-74)127-99-87(123-95(107)72-51-29-10-30-52-72)82(121-93(105)70-47-25-8-26-48-70)76(62-115-99)116-91(103)68-43-21-6-22-44-68/h2-56,75-89,97-101H,57-63H2,1H3/t75-,76-,77-,78-,79-,80-,81-,82+,83+,84+,85+,86-,87-,88-,89-,97-,98-,99+,100+,101+/m1/s1. The lowest BCUT2D eigenvalue weighted by molar-refractivity contribution is -0.424. The van der Waals surface area contributed by atoms with E-state index in [0.29, 0.717) is 5.56 Å². The smallest absolute Gasteiger partial charge is 0.338 e. The van der Waals surface area contributed by atoms with E-state index in [0.717, 1.165) is 16.7 Å². The molecule has 5 aliphatic heterocycles. The van der Waals surface area contributed by atoms with Gasteiger partial charge in [0.2, 0.25) is 0 Å². The van der Waals surface area contributed by atoms with Crippen LogP contribution in [-0.4, -0.2) is 192 Å². The molecule has 658 valence electrons. The Morgan fingerprint density at radius 2 is 0.633 bits per heavy atom. The highest BCUT2D eigenvalue weighted by Crippen LogP contribution is 2.44. The fraction of sp³-hybridized carbons (Fsp3) is 0.277. The second kappa shape index (κ2) is 43.6. The van der Waals surface area contributed by atoms with E-state index >= 15 is 24.0 Å². The minimum Gasteiger partial charge on any atom is -0.459 e. The van der Waals surface area contributed by atoms with Crippen molar-refractivity contribution in [2.24, 2.45) is 0 Å². The number of rotatable bonds is 33. The minimum absolute atomic E-state index is 0.00896. The summed E-state index contributed by atoms with van der Waals surface area (Å²) in [5.41, 5.74) is 2.99. The SMILES string of the molecule is CO[C@@H]1O[C@H](COCc2ccccc2)[C@@H](O[C@@H]2O[C@@H]3CO[C@@H](c4ccccc4)O[C@H]3[C@H](O[C@@H]3OC[C@@H](OC(=O)c4ccccc4)[C@H](OC(=O)c4ccccc4)[C@H]3OC(=O)c3ccccc3)[C@H]2O[C@@H]2O[C@H](COC(=O)c3ccccc3)[C@@H](OC(=O)c3ccccc3)[C@H](OC(=O)c3ccccc3)[C@H]2OC(=O)c2ccccc2)[C@H](OCc2ccccc2)[C@H]1OCc1ccccc1. The van der Waals surface area contributed by atoms with Crippen molar-refractivity contribution in [2.75, 3.05) is 33.5 Å². The average molecular weight is 1740 g/mol. The molecule has 0 unspecified atom stereocenters. The van der Waals surface area contributed by atoms with Crippen LogP contribution in [0, 0.1) is 0 Å². The highest BCUT2D eigenvalue weighted by Gasteiger charge is 2.62. The zero-order valence-electron chi connectivity index (χ0n) is 69.3. The molecule has 5 fully saturated rings. The van der Waals surface area contributed by atoms with Crippen molar-refractivity contribution >= 4 is 41.8 Å². The summed E-state index contributed by atoms with van der Waals surface area (Å²) in [6, 6.07) is 92.3. The highest BCUT2D eigenvalue weighted by atomic mass is 16.8. The lowest BCUT2D eigenvalue weighted by Gasteiger charge is -2.53. The molecule has 128 heavy (non-hydrogen) atoms. The molecule has 0 aliphatic carbocycles. The second-order valence-corrected chi connectivity index (χ2v) is 30.5. The number of carbonyl (C=O) groups excluding carboxylic acids is 7. The maximum absolute atomic E-state index is 15.6. The van der Waals surface area contributed by atoms with Crippen molar-refractivity contribution in [3.05, 3.63) is 395 Å². The zero-order chi connectivity index (χ0) is 87.9. The van der Waals surface area contributed by atoms with Gasteiger partial charge in [0.05, 0.1) is 78.6 Å². The summed E-state index contributed by atoms with van der Waals surface area (Å²) in [6.45, 7) is -2.07.